The van der Waals surface area contributed by atoms with E-state index in [4.69, 9.17) is 21.7 Å². The first kappa shape index (κ1) is 18.2. The molecule has 2 heterocycles. The van der Waals surface area contributed by atoms with E-state index in [2.05, 4.69) is 10.1 Å². The Morgan fingerprint density at radius 2 is 1.96 bits per heavy atom. The average Bonchev–Trinajstić information content (AvgIpc) is 3.00. The van der Waals surface area contributed by atoms with Gasteiger partial charge in [-0.1, -0.05) is 0 Å². The summed E-state index contributed by atoms with van der Waals surface area (Å²) < 4.78 is 14.3. The zero-order chi connectivity index (χ0) is 17.7. The van der Waals surface area contributed by atoms with Crippen LogP contribution in [0.3, 0.4) is 0 Å². The largest absolute Gasteiger partial charge is 0.468 e. The van der Waals surface area contributed by atoms with Crippen molar-refractivity contribution >= 4 is 35.4 Å². The summed E-state index contributed by atoms with van der Waals surface area (Å²) in [5, 5.41) is 3.30. The summed E-state index contributed by atoms with van der Waals surface area (Å²) in [5.74, 6) is -0.869. The number of piperidine rings is 1. The monoisotopic (exact) mass is 359 g/mol. The van der Waals surface area contributed by atoms with Crippen molar-refractivity contribution in [2.45, 2.75) is 24.9 Å². The molecule has 1 amide bonds. The number of likely N-dealkylation sites (tertiary alicyclic amines) is 1. The Kier molecular flexibility index (Phi) is 6.18. The van der Waals surface area contributed by atoms with Gasteiger partial charge in [0.25, 0.3) is 0 Å². The molecule has 2 aliphatic heterocycles. The van der Waals surface area contributed by atoms with Gasteiger partial charge >= 0.3 is 18.0 Å². The number of rotatable bonds is 4. The summed E-state index contributed by atoms with van der Waals surface area (Å²) in [4.78, 5) is 38.2. The topological polar surface area (TPSA) is 97.4 Å². The zero-order valence-corrected chi connectivity index (χ0v) is 14.5. The molecule has 0 aromatic rings. The van der Waals surface area contributed by atoms with Gasteiger partial charge in [-0.15, -0.1) is 0 Å². The van der Waals surface area contributed by atoms with E-state index in [1.165, 1.54) is 19.1 Å². The van der Waals surface area contributed by atoms with Crippen molar-refractivity contribution in [3.63, 3.8) is 0 Å². The average molecular weight is 359 g/mol. The van der Waals surface area contributed by atoms with Gasteiger partial charge in [-0.2, -0.15) is 0 Å². The van der Waals surface area contributed by atoms with Crippen LogP contribution in [0, 0.1) is 0 Å². The number of methoxy groups -OCH3 is 2. The predicted octanol–water partition coefficient (Wildman–Crippen LogP) is -0.508. The number of nitrogens with zero attached hydrogens (tertiary/aromatic N) is 2. The van der Waals surface area contributed by atoms with Crippen LogP contribution < -0.4 is 5.32 Å². The van der Waals surface area contributed by atoms with Crippen LogP contribution in [0.5, 0.6) is 0 Å². The van der Waals surface area contributed by atoms with Crippen LogP contribution >= 0.6 is 12.2 Å². The van der Waals surface area contributed by atoms with Crippen molar-refractivity contribution in [1.29, 1.82) is 0 Å². The first-order valence-corrected chi connectivity index (χ1v) is 8.01. The summed E-state index contributed by atoms with van der Waals surface area (Å²) >= 11 is 5.25. The van der Waals surface area contributed by atoms with Crippen molar-refractivity contribution < 1.29 is 28.6 Å². The normalized spacial score (nSPS) is 21.2. The molecule has 0 aromatic carbocycles. The highest BCUT2D eigenvalue weighted by Gasteiger charge is 2.43. The van der Waals surface area contributed by atoms with Crippen LogP contribution in [0.4, 0.5) is 4.79 Å². The number of thiocarbonyl (C=S) groups is 1. The van der Waals surface area contributed by atoms with Crippen LogP contribution in [0.1, 0.15) is 12.8 Å². The van der Waals surface area contributed by atoms with E-state index in [0.717, 1.165) is 0 Å². The molecule has 1 atom stereocenters. The van der Waals surface area contributed by atoms with Gasteiger partial charge in [-0.3, -0.25) is 9.69 Å². The second-order valence-corrected chi connectivity index (χ2v) is 5.86. The summed E-state index contributed by atoms with van der Waals surface area (Å²) in [5.41, 5.74) is 0. The summed E-state index contributed by atoms with van der Waals surface area (Å²) in [6.45, 7) is 1.24. The lowest BCUT2D eigenvalue weighted by atomic mass is 10.0. The fraction of sp³-hybridized carbons (Fsp3) is 0.714. The second kappa shape index (κ2) is 8.13. The van der Waals surface area contributed by atoms with Crippen molar-refractivity contribution in [2.24, 2.45) is 0 Å². The Hall–Kier alpha value is -2.10. The third-order valence-electron chi connectivity index (χ3n) is 4.14. The number of hydrogen-bond acceptors (Lipinski definition) is 7. The Morgan fingerprint density at radius 3 is 2.54 bits per heavy atom. The van der Waals surface area contributed by atoms with E-state index >= 15 is 0 Å². The number of nitrogens with one attached hydrogen (secondary N) is 1. The Morgan fingerprint density at radius 1 is 1.29 bits per heavy atom. The molecule has 2 fully saturated rings. The van der Waals surface area contributed by atoms with Gasteiger partial charge in [0.05, 0.1) is 14.2 Å². The van der Waals surface area contributed by atoms with E-state index in [9.17, 15) is 14.4 Å². The molecule has 24 heavy (non-hydrogen) atoms. The molecule has 9 nitrogen and oxygen atoms in total. The van der Waals surface area contributed by atoms with Crippen LogP contribution in [0.15, 0.2) is 0 Å². The lowest BCUT2D eigenvalue weighted by Crippen LogP contribution is -2.53. The van der Waals surface area contributed by atoms with Gasteiger partial charge < -0.3 is 24.4 Å². The van der Waals surface area contributed by atoms with Crippen molar-refractivity contribution in [3.05, 3.63) is 0 Å². The number of amides is 1. The van der Waals surface area contributed by atoms with Crippen molar-refractivity contribution in [2.75, 3.05) is 40.5 Å². The highest BCUT2D eigenvalue weighted by molar-refractivity contribution is 7.80. The third kappa shape index (κ3) is 4.05. The van der Waals surface area contributed by atoms with E-state index in [-0.39, 0.29) is 19.2 Å². The first-order valence-electron chi connectivity index (χ1n) is 7.60. The molecule has 2 aliphatic rings. The predicted molar refractivity (Wildman–Crippen MR) is 86.2 cm³/mol. The van der Waals surface area contributed by atoms with Gasteiger partial charge in [-0.25, -0.2) is 9.59 Å². The van der Waals surface area contributed by atoms with E-state index in [1.54, 1.807) is 0 Å². The van der Waals surface area contributed by atoms with Crippen LogP contribution in [0.2, 0.25) is 0 Å². The van der Waals surface area contributed by atoms with Gasteiger partial charge in [0.15, 0.2) is 11.2 Å². The Bertz CT molecular complexity index is 521. The Labute approximate surface area is 145 Å². The zero-order valence-electron chi connectivity index (χ0n) is 13.6. The number of hydrogen-bond donors (Lipinski definition) is 1. The molecule has 134 valence electrons. The lowest BCUT2D eigenvalue weighted by Gasteiger charge is -2.38. The minimum atomic E-state index is -0.691. The van der Waals surface area contributed by atoms with Crippen LogP contribution in [-0.2, 0) is 23.8 Å². The maximum atomic E-state index is 11.9. The highest BCUT2D eigenvalue weighted by Crippen LogP contribution is 2.24. The molecule has 0 spiro atoms. The third-order valence-corrected chi connectivity index (χ3v) is 4.54. The van der Waals surface area contributed by atoms with E-state index < -0.39 is 24.1 Å². The van der Waals surface area contributed by atoms with E-state index in [0.29, 0.717) is 31.0 Å². The van der Waals surface area contributed by atoms with Gasteiger partial charge in [0, 0.05) is 19.1 Å². The minimum absolute atomic E-state index is 0.0120. The molecule has 1 unspecified atom stereocenters. The lowest BCUT2D eigenvalue weighted by molar-refractivity contribution is -0.146. The molecule has 0 aromatic heterocycles. The fourth-order valence-corrected chi connectivity index (χ4v) is 3.09. The maximum absolute atomic E-state index is 11.9. The standard InChI is InChI=1S/C14H21N3O6S/c1-21-11(18)7-15-13(24)16-5-3-9(4-6-16)17-10(12(19)22-2)8-23-14(17)20/h9-10H,3-8H2,1-2H3,(H,15,24). The number of esters is 2. The van der Waals surface area contributed by atoms with Crippen LogP contribution in [-0.4, -0.2) is 85.5 Å². The van der Waals surface area contributed by atoms with Gasteiger partial charge in [-0.05, 0) is 25.1 Å². The van der Waals surface area contributed by atoms with E-state index in [1.807, 2.05) is 4.90 Å². The van der Waals surface area contributed by atoms with Crippen molar-refractivity contribution in [3.8, 4) is 0 Å². The number of ether oxygens (including phenoxy) is 3. The smallest absolute Gasteiger partial charge is 0.410 e. The Balaban J connectivity index is 1.87. The molecular formula is C14H21N3O6S. The van der Waals surface area contributed by atoms with Crippen LogP contribution in [0.25, 0.3) is 0 Å². The summed E-state index contributed by atoms with van der Waals surface area (Å²) in [6, 6.07) is -0.799. The molecule has 0 saturated carbocycles. The summed E-state index contributed by atoms with van der Waals surface area (Å²) in [6.07, 6.45) is 0.792. The number of cyclic esters (lactones) is 1. The van der Waals surface area contributed by atoms with Gasteiger partial charge in [0.2, 0.25) is 0 Å². The molecule has 2 saturated heterocycles. The molecule has 0 radical (unpaired) electrons. The number of carbonyl (C=O) groups is 3. The minimum Gasteiger partial charge on any atom is -0.468 e. The van der Waals surface area contributed by atoms with Gasteiger partial charge in [0.1, 0.15) is 13.2 Å². The fourth-order valence-electron chi connectivity index (χ4n) is 2.83. The molecule has 0 bridgehead atoms. The highest BCUT2D eigenvalue weighted by atomic mass is 32.1. The molecule has 10 heteroatoms. The molecule has 1 N–H and O–H groups in total. The molecule has 2 rings (SSSR count). The molecular weight excluding hydrogens is 338 g/mol. The maximum Gasteiger partial charge on any atom is 0.410 e. The number of carbonyl (C=O) groups excluding carboxylic acids is 3. The SMILES string of the molecule is COC(=O)CNC(=S)N1CCC(N2C(=O)OCC2C(=O)OC)CC1. The summed E-state index contributed by atoms with van der Waals surface area (Å²) in [7, 11) is 2.60. The second-order valence-electron chi connectivity index (χ2n) is 5.48. The quantitative estimate of drug-likeness (QED) is 0.404. The first-order chi connectivity index (χ1) is 11.5. The molecule has 0 aliphatic carbocycles. The van der Waals surface area contributed by atoms with Crippen molar-refractivity contribution in [1.82, 2.24) is 15.1 Å².